The van der Waals surface area contributed by atoms with Crippen LogP contribution in [0.3, 0.4) is 0 Å². The maximum Gasteiger partial charge on any atom is 0.341 e. The second kappa shape index (κ2) is 3.87. The monoisotopic (exact) mass is 214 g/mol. The van der Waals surface area contributed by atoms with Gasteiger partial charge in [0.15, 0.2) is 5.76 Å². The van der Waals surface area contributed by atoms with Crippen molar-refractivity contribution in [3.63, 3.8) is 0 Å². The van der Waals surface area contributed by atoms with Crippen molar-refractivity contribution >= 4 is 5.97 Å². The van der Waals surface area contributed by atoms with Gasteiger partial charge in [-0.2, -0.15) is 5.26 Å². The van der Waals surface area contributed by atoms with E-state index in [1.807, 2.05) is 6.07 Å². The topological polar surface area (TPSA) is 87.1 Å². The molecule has 1 aromatic carbocycles. The Morgan fingerprint density at radius 2 is 2.06 bits per heavy atom. The van der Waals surface area contributed by atoms with Crippen LogP contribution >= 0.6 is 0 Å². The maximum atomic E-state index is 10.8. The lowest BCUT2D eigenvalue weighted by atomic mass is 10.1. The average Bonchev–Trinajstić information content (AvgIpc) is 2.78. The maximum absolute atomic E-state index is 10.8. The smallest absolute Gasteiger partial charge is 0.341 e. The quantitative estimate of drug-likeness (QED) is 0.824. The number of nitriles is 1. The standard InChI is InChI=1S/C11H6N2O3/c12-5-7-1-3-8(4-2-7)10-9(11(14)15)6-13-16-10/h1-4,6H,(H,14,15). The Balaban J connectivity index is 2.47. The number of aromatic carboxylic acids is 1. The van der Waals surface area contributed by atoms with Gasteiger partial charge in [0, 0.05) is 5.56 Å². The zero-order chi connectivity index (χ0) is 11.5. The number of benzene rings is 1. The lowest BCUT2D eigenvalue weighted by Gasteiger charge is -1.97. The van der Waals surface area contributed by atoms with E-state index >= 15 is 0 Å². The number of carboxylic acids is 1. The Morgan fingerprint density at radius 1 is 1.38 bits per heavy atom. The van der Waals surface area contributed by atoms with Crippen LogP contribution in [0, 0.1) is 11.3 Å². The first-order valence-electron chi connectivity index (χ1n) is 4.41. The number of aromatic nitrogens is 1. The lowest BCUT2D eigenvalue weighted by Crippen LogP contribution is -1.95. The van der Waals surface area contributed by atoms with Crippen LogP contribution in [0.15, 0.2) is 35.0 Å². The Kier molecular flexibility index (Phi) is 2.40. The minimum Gasteiger partial charge on any atom is -0.477 e. The predicted octanol–water partition coefficient (Wildman–Crippen LogP) is 1.91. The normalized spacial score (nSPS) is 9.69. The molecule has 0 atom stereocenters. The Labute approximate surface area is 90.5 Å². The molecule has 0 bridgehead atoms. The molecule has 1 aromatic heterocycles. The summed E-state index contributed by atoms with van der Waals surface area (Å²) in [6.45, 7) is 0. The average molecular weight is 214 g/mol. The Hall–Kier alpha value is -2.61. The Morgan fingerprint density at radius 3 is 2.62 bits per heavy atom. The fraction of sp³-hybridized carbons (Fsp3) is 0. The van der Waals surface area contributed by atoms with Gasteiger partial charge in [-0.15, -0.1) is 0 Å². The molecule has 0 aliphatic heterocycles. The van der Waals surface area contributed by atoms with E-state index in [1.165, 1.54) is 0 Å². The number of nitrogens with zero attached hydrogens (tertiary/aromatic N) is 2. The highest BCUT2D eigenvalue weighted by Crippen LogP contribution is 2.23. The number of hydrogen-bond donors (Lipinski definition) is 1. The third-order valence-electron chi connectivity index (χ3n) is 2.08. The van der Waals surface area contributed by atoms with Crippen molar-refractivity contribution in [3.8, 4) is 17.4 Å². The largest absolute Gasteiger partial charge is 0.477 e. The van der Waals surface area contributed by atoms with Crippen LogP contribution in [0.2, 0.25) is 0 Å². The highest BCUT2D eigenvalue weighted by atomic mass is 16.5. The van der Waals surface area contributed by atoms with Crippen molar-refractivity contribution in [1.29, 1.82) is 5.26 Å². The van der Waals surface area contributed by atoms with Crippen molar-refractivity contribution in [3.05, 3.63) is 41.6 Å². The first-order valence-corrected chi connectivity index (χ1v) is 4.41. The predicted molar refractivity (Wildman–Crippen MR) is 53.6 cm³/mol. The molecule has 78 valence electrons. The summed E-state index contributed by atoms with van der Waals surface area (Å²) >= 11 is 0. The summed E-state index contributed by atoms with van der Waals surface area (Å²) in [5, 5.41) is 20.9. The molecule has 0 radical (unpaired) electrons. The van der Waals surface area contributed by atoms with Crippen LogP contribution in [0.1, 0.15) is 15.9 Å². The molecular formula is C11H6N2O3. The van der Waals surface area contributed by atoms with Crippen LogP contribution in [0.5, 0.6) is 0 Å². The van der Waals surface area contributed by atoms with E-state index in [1.54, 1.807) is 24.3 Å². The molecule has 1 heterocycles. The van der Waals surface area contributed by atoms with Crippen LogP contribution in [-0.2, 0) is 0 Å². The minimum atomic E-state index is -1.10. The molecule has 0 aliphatic carbocycles. The molecular weight excluding hydrogens is 208 g/mol. The first-order chi connectivity index (χ1) is 7.72. The molecule has 1 N–H and O–H groups in total. The van der Waals surface area contributed by atoms with E-state index < -0.39 is 5.97 Å². The summed E-state index contributed by atoms with van der Waals surface area (Å²) in [6.07, 6.45) is 1.15. The van der Waals surface area contributed by atoms with Crippen molar-refractivity contribution in [1.82, 2.24) is 5.16 Å². The summed E-state index contributed by atoms with van der Waals surface area (Å²) in [6, 6.07) is 8.38. The van der Waals surface area contributed by atoms with Gasteiger partial charge < -0.3 is 9.63 Å². The molecule has 0 saturated carbocycles. The van der Waals surface area contributed by atoms with Gasteiger partial charge in [-0.3, -0.25) is 0 Å². The van der Waals surface area contributed by atoms with E-state index in [4.69, 9.17) is 14.9 Å². The molecule has 5 heteroatoms. The summed E-state index contributed by atoms with van der Waals surface area (Å²) in [5.74, 6) is -0.905. The van der Waals surface area contributed by atoms with Gasteiger partial charge in [-0.1, -0.05) is 5.16 Å². The van der Waals surface area contributed by atoms with Gasteiger partial charge in [0.25, 0.3) is 0 Å². The lowest BCUT2D eigenvalue weighted by molar-refractivity contribution is 0.0697. The van der Waals surface area contributed by atoms with E-state index in [0.29, 0.717) is 11.1 Å². The second-order valence-corrected chi connectivity index (χ2v) is 3.06. The number of carbonyl (C=O) groups is 1. The van der Waals surface area contributed by atoms with E-state index in [-0.39, 0.29) is 11.3 Å². The molecule has 0 unspecified atom stereocenters. The minimum absolute atomic E-state index is 0.00436. The molecule has 0 amide bonds. The molecule has 2 rings (SSSR count). The number of hydrogen-bond acceptors (Lipinski definition) is 4. The summed E-state index contributed by atoms with van der Waals surface area (Å²) in [4.78, 5) is 10.8. The van der Waals surface area contributed by atoms with Gasteiger partial charge in [0.2, 0.25) is 0 Å². The third-order valence-corrected chi connectivity index (χ3v) is 2.08. The molecule has 2 aromatic rings. The van der Waals surface area contributed by atoms with E-state index in [2.05, 4.69) is 5.16 Å². The first kappa shape index (κ1) is 9.93. The van der Waals surface area contributed by atoms with Crippen molar-refractivity contribution in [2.45, 2.75) is 0 Å². The van der Waals surface area contributed by atoms with Crippen LogP contribution < -0.4 is 0 Å². The van der Waals surface area contributed by atoms with Crippen LogP contribution in [-0.4, -0.2) is 16.2 Å². The molecule has 5 nitrogen and oxygen atoms in total. The van der Waals surface area contributed by atoms with Crippen LogP contribution in [0.25, 0.3) is 11.3 Å². The Bertz CT molecular complexity index is 564. The molecule has 0 fully saturated rings. The zero-order valence-electron chi connectivity index (χ0n) is 8.04. The highest BCUT2D eigenvalue weighted by Gasteiger charge is 2.16. The van der Waals surface area contributed by atoms with Gasteiger partial charge in [-0.05, 0) is 24.3 Å². The van der Waals surface area contributed by atoms with Gasteiger partial charge >= 0.3 is 5.97 Å². The van der Waals surface area contributed by atoms with Crippen molar-refractivity contribution in [2.75, 3.05) is 0 Å². The molecule has 16 heavy (non-hydrogen) atoms. The SMILES string of the molecule is N#Cc1ccc(-c2oncc2C(=O)O)cc1. The summed E-state index contributed by atoms with van der Waals surface area (Å²) in [7, 11) is 0. The molecule has 0 saturated heterocycles. The number of carboxylic acid groups (broad SMARTS) is 1. The fourth-order valence-electron chi connectivity index (χ4n) is 1.30. The van der Waals surface area contributed by atoms with E-state index in [0.717, 1.165) is 6.20 Å². The fourth-order valence-corrected chi connectivity index (χ4v) is 1.30. The molecule has 0 aliphatic rings. The van der Waals surface area contributed by atoms with Crippen LogP contribution in [0.4, 0.5) is 0 Å². The van der Waals surface area contributed by atoms with Crippen molar-refractivity contribution in [2.24, 2.45) is 0 Å². The third kappa shape index (κ3) is 1.64. The van der Waals surface area contributed by atoms with Gasteiger partial charge in [-0.25, -0.2) is 4.79 Å². The number of rotatable bonds is 2. The van der Waals surface area contributed by atoms with Gasteiger partial charge in [0.1, 0.15) is 5.56 Å². The highest BCUT2D eigenvalue weighted by molar-refractivity contribution is 5.93. The van der Waals surface area contributed by atoms with E-state index in [9.17, 15) is 4.79 Å². The summed E-state index contributed by atoms with van der Waals surface area (Å²) in [5.41, 5.74) is 1.08. The van der Waals surface area contributed by atoms with Gasteiger partial charge in [0.05, 0.1) is 17.8 Å². The summed E-state index contributed by atoms with van der Waals surface area (Å²) < 4.78 is 4.87. The second-order valence-electron chi connectivity index (χ2n) is 3.06. The zero-order valence-corrected chi connectivity index (χ0v) is 8.04. The molecule has 0 spiro atoms. The van der Waals surface area contributed by atoms with Crippen molar-refractivity contribution < 1.29 is 14.4 Å².